The van der Waals surface area contributed by atoms with Gasteiger partial charge in [0.05, 0.1) is 17.9 Å². The van der Waals surface area contributed by atoms with Crippen molar-refractivity contribution in [2.45, 2.75) is 20.3 Å². The van der Waals surface area contributed by atoms with Crippen LogP contribution in [-0.2, 0) is 9.59 Å². The second-order valence-electron chi connectivity index (χ2n) is 6.07. The van der Waals surface area contributed by atoms with Crippen molar-refractivity contribution in [3.63, 3.8) is 0 Å². The Morgan fingerprint density at radius 2 is 1.70 bits per heavy atom. The number of rotatable bonds is 7. The van der Waals surface area contributed by atoms with Crippen molar-refractivity contribution < 1.29 is 14.3 Å². The molecule has 1 heterocycles. The van der Waals surface area contributed by atoms with Gasteiger partial charge < -0.3 is 10.1 Å². The number of nitrogens with zero attached hydrogens (tertiary/aromatic N) is 1. The fraction of sp³-hybridized carbons (Fsp3) is 0.238. The average Bonchev–Trinajstić information content (AvgIpc) is 2.89. The zero-order valence-corrected chi connectivity index (χ0v) is 16.0. The fourth-order valence-electron chi connectivity index (χ4n) is 2.99. The molecule has 0 saturated heterocycles. The Morgan fingerprint density at radius 1 is 1.00 bits per heavy atom. The highest BCUT2D eigenvalue weighted by Crippen LogP contribution is 2.33. The van der Waals surface area contributed by atoms with Gasteiger partial charge in [-0.15, -0.1) is 0 Å². The molecule has 1 aliphatic rings. The molecule has 0 aromatic heterocycles. The highest BCUT2D eigenvalue weighted by Gasteiger charge is 2.38. The summed E-state index contributed by atoms with van der Waals surface area (Å²) in [4.78, 5) is 27.2. The van der Waals surface area contributed by atoms with Crippen LogP contribution in [0.3, 0.4) is 0 Å². The SMILES string of the molecule is CCCN1C(=O)C(Nc2ccccc2OCC)=C(c2ccc(Cl)cc2)C1=O. The van der Waals surface area contributed by atoms with Crippen LogP contribution in [-0.4, -0.2) is 29.9 Å². The van der Waals surface area contributed by atoms with Gasteiger partial charge in [0.2, 0.25) is 0 Å². The van der Waals surface area contributed by atoms with Gasteiger partial charge in [-0.05, 0) is 43.2 Å². The summed E-state index contributed by atoms with van der Waals surface area (Å²) in [7, 11) is 0. The maximum absolute atomic E-state index is 12.9. The number of ether oxygens (including phenoxy) is 1. The Kier molecular flexibility index (Phi) is 5.81. The van der Waals surface area contributed by atoms with Crippen LogP contribution >= 0.6 is 11.6 Å². The summed E-state index contributed by atoms with van der Waals surface area (Å²) in [5.41, 5.74) is 1.88. The molecule has 2 aromatic rings. The summed E-state index contributed by atoms with van der Waals surface area (Å²) in [5.74, 6) is -0.0178. The van der Waals surface area contributed by atoms with Crippen LogP contribution in [0.5, 0.6) is 5.75 Å². The molecule has 2 aromatic carbocycles. The predicted molar refractivity (Wildman–Crippen MR) is 107 cm³/mol. The molecule has 2 amide bonds. The number of amides is 2. The van der Waals surface area contributed by atoms with Crippen LogP contribution in [0.25, 0.3) is 5.57 Å². The summed E-state index contributed by atoms with van der Waals surface area (Å²) < 4.78 is 5.63. The molecule has 27 heavy (non-hydrogen) atoms. The first-order chi connectivity index (χ1) is 13.1. The van der Waals surface area contributed by atoms with Gasteiger partial charge in [-0.2, -0.15) is 0 Å². The summed E-state index contributed by atoms with van der Waals surface area (Å²) in [6.07, 6.45) is 0.689. The highest BCUT2D eigenvalue weighted by atomic mass is 35.5. The van der Waals surface area contributed by atoms with E-state index in [1.807, 2.05) is 38.1 Å². The molecular weight excluding hydrogens is 364 g/mol. The number of benzene rings is 2. The number of nitrogens with one attached hydrogen (secondary N) is 1. The number of imide groups is 1. The Morgan fingerprint density at radius 3 is 2.37 bits per heavy atom. The summed E-state index contributed by atoms with van der Waals surface area (Å²) in [6, 6.07) is 14.2. The van der Waals surface area contributed by atoms with Crippen molar-refractivity contribution in [3.05, 3.63) is 64.8 Å². The van der Waals surface area contributed by atoms with E-state index in [2.05, 4.69) is 5.32 Å². The summed E-state index contributed by atoms with van der Waals surface area (Å²) in [5, 5.41) is 3.70. The lowest BCUT2D eigenvalue weighted by Gasteiger charge is -2.15. The van der Waals surface area contributed by atoms with E-state index in [1.54, 1.807) is 24.3 Å². The summed E-state index contributed by atoms with van der Waals surface area (Å²) in [6.45, 7) is 4.68. The first kappa shape index (κ1) is 19.0. The van der Waals surface area contributed by atoms with E-state index in [0.717, 1.165) is 0 Å². The monoisotopic (exact) mass is 384 g/mol. The van der Waals surface area contributed by atoms with Crippen molar-refractivity contribution in [1.82, 2.24) is 4.90 Å². The number of hydrogen-bond acceptors (Lipinski definition) is 4. The van der Waals surface area contributed by atoms with Crippen LogP contribution in [0.2, 0.25) is 5.02 Å². The van der Waals surface area contributed by atoms with Crippen molar-refractivity contribution in [3.8, 4) is 5.75 Å². The van der Waals surface area contributed by atoms with Gasteiger partial charge in [0.15, 0.2) is 0 Å². The molecular formula is C21H21ClN2O3. The van der Waals surface area contributed by atoms with Crippen LogP contribution in [0.4, 0.5) is 5.69 Å². The van der Waals surface area contributed by atoms with E-state index in [-0.39, 0.29) is 17.5 Å². The first-order valence-electron chi connectivity index (χ1n) is 8.92. The lowest BCUT2D eigenvalue weighted by atomic mass is 10.0. The molecule has 0 saturated carbocycles. The van der Waals surface area contributed by atoms with Gasteiger partial charge in [0.1, 0.15) is 11.4 Å². The number of anilines is 1. The van der Waals surface area contributed by atoms with E-state index in [0.29, 0.717) is 47.2 Å². The lowest BCUT2D eigenvalue weighted by molar-refractivity contribution is -0.136. The molecule has 0 bridgehead atoms. The van der Waals surface area contributed by atoms with Gasteiger partial charge in [0.25, 0.3) is 11.8 Å². The molecule has 0 unspecified atom stereocenters. The van der Waals surface area contributed by atoms with Crippen LogP contribution in [0.15, 0.2) is 54.2 Å². The highest BCUT2D eigenvalue weighted by molar-refractivity contribution is 6.37. The number of hydrogen-bond donors (Lipinski definition) is 1. The molecule has 0 spiro atoms. The standard InChI is InChI=1S/C21H21ClN2O3/c1-3-13-24-20(25)18(14-9-11-15(22)12-10-14)19(21(24)26)23-16-7-5-6-8-17(16)27-4-2/h5-12,23H,3-4,13H2,1-2H3. The number of para-hydroxylation sites is 2. The second kappa shape index (κ2) is 8.27. The Bertz CT molecular complexity index is 891. The Labute approximate surface area is 163 Å². The van der Waals surface area contributed by atoms with Gasteiger partial charge in [-0.25, -0.2) is 0 Å². The van der Waals surface area contributed by atoms with Gasteiger partial charge >= 0.3 is 0 Å². The van der Waals surface area contributed by atoms with E-state index >= 15 is 0 Å². The van der Waals surface area contributed by atoms with Crippen molar-refractivity contribution in [2.75, 3.05) is 18.5 Å². The Balaban J connectivity index is 2.07. The third kappa shape index (κ3) is 3.83. The third-order valence-corrected chi connectivity index (χ3v) is 4.45. The molecule has 1 aliphatic heterocycles. The minimum absolute atomic E-state index is 0.253. The molecule has 0 fully saturated rings. The smallest absolute Gasteiger partial charge is 0.278 e. The molecule has 0 radical (unpaired) electrons. The van der Waals surface area contributed by atoms with Crippen LogP contribution < -0.4 is 10.1 Å². The third-order valence-electron chi connectivity index (χ3n) is 4.19. The predicted octanol–water partition coefficient (Wildman–Crippen LogP) is 4.34. The minimum Gasteiger partial charge on any atom is -0.492 e. The zero-order chi connectivity index (χ0) is 19.4. The van der Waals surface area contributed by atoms with Crippen molar-refractivity contribution in [1.29, 1.82) is 0 Å². The average molecular weight is 385 g/mol. The molecule has 140 valence electrons. The maximum Gasteiger partial charge on any atom is 0.278 e. The van der Waals surface area contributed by atoms with Crippen LogP contribution in [0, 0.1) is 0 Å². The quantitative estimate of drug-likeness (QED) is 0.721. The Hall–Kier alpha value is -2.79. The van der Waals surface area contributed by atoms with Crippen molar-refractivity contribution in [2.24, 2.45) is 0 Å². The van der Waals surface area contributed by atoms with Crippen LogP contribution in [0.1, 0.15) is 25.8 Å². The van der Waals surface area contributed by atoms with Gasteiger partial charge in [-0.1, -0.05) is 42.8 Å². The molecule has 0 aliphatic carbocycles. The van der Waals surface area contributed by atoms with Gasteiger partial charge in [-0.3, -0.25) is 14.5 Å². The minimum atomic E-state index is -0.335. The normalized spacial score (nSPS) is 14.1. The van der Waals surface area contributed by atoms with E-state index in [4.69, 9.17) is 16.3 Å². The molecule has 1 N–H and O–H groups in total. The zero-order valence-electron chi connectivity index (χ0n) is 15.3. The van der Waals surface area contributed by atoms with E-state index < -0.39 is 0 Å². The molecule has 5 nitrogen and oxygen atoms in total. The topological polar surface area (TPSA) is 58.6 Å². The molecule has 3 rings (SSSR count). The first-order valence-corrected chi connectivity index (χ1v) is 9.29. The number of carbonyl (C=O) groups is 2. The number of carbonyl (C=O) groups excluding carboxylic acids is 2. The largest absolute Gasteiger partial charge is 0.492 e. The van der Waals surface area contributed by atoms with Crippen molar-refractivity contribution >= 4 is 34.7 Å². The fourth-order valence-corrected chi connectivity index (χ4v) is 3.11. The van der Waals surface area contributed by atoms with E-state index in [9.17, 15) is 9.59 Å². The lowest BCUT2D eigenvalue weighted by Crippen LogP contribution is -2.33. The second-order valence-corrected chi connectivity index (χ2v) is 6.51. The van der Waals surface area contributed by atoms with Gasteiger partial charge in [0, 0.05) is 11.6 Å². The summed E-state index contributed by atoms with van der Waals surface area (Å²) >= 11 is 5.97. The van der Waals surface area contributed by atoms with E-state index in [1.165, 1.54) is 4.90 Å². The molecule has 0 atom stereocenters. The number of halogens is 1. The maximum atomic E-state index is 12.9. The molecule has 6 heteroatoms.